The van der Waals surface area contributed by atoms with Gasteiger partial charge in [0.05, 0.1) is 19.8 Å². The molecule has 1 fully saturated rings. The number of amides is 1. The second-order valence-corrected chi connectivity index (χ2v) is 9.19. The highest BCUT2D eigenvalue weighted by atomic mass is 16.5. The lowest BCUT2D eigenvalue weighted by Gasteiger charge is -2.35. The normalized spacial score (nSPS) is 20.6. The first kappa shape index (κ1) is 22.1. The van der Waals surface area contributed by atoms with Crippen LogP contribution in [0.3, 0.4) is 0 Å². The van der Waals surface area contributed by atoms with Crippen LogP contribution in [0.2, 0.25) is 0 Å². The van der Waals surface area contributed by atoms with E-state index in [1.807, 2.05) is 18.2 Å². The largest absolute Gasteiger partial charge is 0.497 e. The summed E-state index contributed by atoms with van der Waals surface area (Å²) in [5.74, 6) is 0.421. The zero-order valence-electron chi connectivity index (χ0n) is 18.9. The van der Waals surface area contributed by atoms with Gasteiger partial charge in [0, 0.05) is 40.5 Å². The maximum Gasteiger partial charge on any atom is 0.254 e. The minimum atomic E-state index is -0.194. The van der Waals surface area contributed by atoms with Gasteiger partial charge in [-0.15, -0.1) is 0 Å². The van der Waals surface area contributed by atoms with E-state index in [4.69, 9.17) is 4.74 Å². The third-order valence-corrected chi connectivity index (χ3v) is 6.23. The molecule has 6 heteroatoms. The van der Waals surface area contributed by atoms with Gasteiger partial charge in [-0.2, -0.15) is 0 Å². The zero-order valence-corrected chi connectivity index (χ0v) is 18.9. The van der Waals surface area contributed by atoms with Gasteiger partial charge in [0.25, 0.3) is 5.91 Å². The van der Waals surface area contributed by atoms with Crippen molar-refractivity contribution in [3.63, 3.8) is 0 Å². The van der Waals surface area contributed by atoms with Crippen molar-refractivity contribution in [3.8, 4) is 5.75 Å². The van der Waals surface area contributed by atoms with Crippen LogP contribution in [-0.4, -0.2) is 53.5 Å². The average Bonchev–Trinajstić information content (AvgIpc) is 3.26. The summed E-state index contributed by atoms with van der Waals surface area (Å²) < 4.78 is 5.38. The number of fused-ring (bicyclic) bond motifs is 1. The van der Waals surface area contributed by atoms with E-state index in [0.717, 1.165) is 41.8 Å². The van der Waals surface area contributed by atoms with E-state index in [9.17, 15) is 14.7 Å². The fourth-order valence-corrected chi connectivity index (χ4v) is 4.63. The van der Waals surface area contributed by atoms with Crippen LogP contribution in [0.25, 0.3) is 5.70 Å². The van der Waals surface area contributed by atoms with E-state index in [1.54, 1.807) is 42.4 Å². The molecular formula is C26H30N2O4. The summed E-state index contributed by atoms with van der Waals surface area (Å²) in [4.78, 5) is 27.9. The highest BCUT2D eigenvalue weighted by Gasteiger charge is 2.30. The Balaban J connectivity index is 1.64. The number of hydrogen-bond donors (Lipinski definition) is 2. The third kappa shape index (κ3) is 4.41. The van der Waals surface area contributed by atoms with Crippen LogP contribution in [0.15, 0.2) is 48.5 Å². The van der Waals surface area contributed by atoms with Gasteiger partial charge >= 0.3 is 0 Å². The smallest absolute Gasteiger partial charge is 0.254 e. The number of methoxy groups -OCH3 is 1. The Morgan fingerprint density at radius 1 is 1.22 bits per heavy atom. The standard InChI is InChI=1S/C26H30N2O4/c1-26(2)15-19-9-10-21(32-3)13-22(19)23(27-26)14-24(30)17-6-4-7-18(12-17)25(31)28-11-5-8-20(28)16-29/h4,6-7,9-10,12-14,20,27,29H,5,8,11,15-16H2,1-3H3/b23-14-/t20-/m1/s1. The van der Waals surface area contributed by atoms with Crippen LogP contribution in [0.5, 0.6) is 5.75 Å². The number of likely N-dealkylation sites (tertiary alicyclic amines) is 1. The molecule has 2 aliphatic heterocycles. The Morgan fingerprint density at radius 2 is 2.00 bits per heavy atom. The number of ketones is 1. The highest BCUT2D eigenvalue weighted by molar-refractivity contribution is 6.10. The van der Waals surface area contributed by atoms with E-state index < -0.39 is 0 Å². The number of benzene rings is 2. The number of ether oxygens (including phenoxy) is 1. The molecule has 2 aromatic rings. The van der Waals surface area contributed by atoms with Crippen LogP contribution >= 0.6 is 0 Å². The van der Waals surface area contributed by atoms with Crippen LogP contribution in [-0.2, 0) is 6.42 Å². The minimum Gasteiger partial charge on any atom is -0.497 e. The summed E-state index contributed by atoms with van der Waals surface area (Å²) in [6.07, 6.45) is 4.13. The first-order valence-electron chi connectivity index (χ1n) is 11.0. The summed E-state index contributed by atoms with van der Waals surface area (Å²) >= 11 is 0. The van der Waals surface area contributed by atoms with E-state index in [1.165, 1.54) is 0 Å². The van der Waals surface area contributed by atoms with E-state index in [0.29, 0.717) is 17.7 Å². The quantitative estimate of drug-likeness (QED) is 0.557. The van der Waals surface area contributed by atoms with Gasteiger partial charge in [-0.05, 0) is 62.9 Å². The molecule has 0 bridgehead atoms. The fraction of sp³-hybridized carbons (Fsp3) is 0.385. The maximum atomic E-state index is 13.2. The Bertz CT molecular complexity index is 1070. The van der Waals surface area contributed by atoms with Crippen LogP contribution in [0.4, 0.5) is 0 Å². The predicted molar refractivity (Wildman–Crippen MR) is 124 cm³/mol. The number of aliphatic hydroxyl groups excluding tert-OH is 1. The molecule has 0 aliphatic carbocycles. The molecule has 4 rings (SSSR count). The molecular weight excluding hydrogens is 404 g/mol. The molecule has 168 valence electrons. The number of carbonyl (C=O) groups is 2. The summed E-state index contributed by atoms with van der Waals surface area (Å²) in [5.41, 5.74) is 3.58. The van der Waals surface area contributed by atoms with Gasteiger partial charge in [-0.25, -0.2) is 0 Å². The third-order valence-electron chi connectivity index (χ3n) is 6.23. The molecule has 0 spiro atoms. The van der Waals surface area contributed by atoms with Gasteiger partial charge in [-0.3, -0.25) is 9.59 Å². The Morgan fingerprint density at radius 3 is 2.75 bits per heavy atom. The first-order valence-corrected chi connectivity index (χ1v) is 11.0. The topological polar surface area (TPSA) is 78.9 Å². The van der Waals surface area contributed by atoms with Crippen molar-refractivity contribution >= 4 is 17.4 Å². The molecule has 2 aliphatic rings. The molecule has 6 nitrogen and oxygen atoms in total. The average molecular weight is 435 g/mol. The van der Waals surface area contributed by atoms with Crippen molar-refractivity contribution < 1.29 is 19.4 Å². The lowest BCUT2D eigenvalue weighted by molar-refractivity contribution is 0.0677. The molecule has 2 N–H and O–H groups in total. The van der Waals surface area contributed by atoms with Crippen LogP contribution in [0, 0.1) is 0 Å². The molecule has 2 heterocycles. The number of nitrogens with zero attached hydrogens (tertiary/aromatic N) is 1. The summed E-state index contributed by atoms with van der Waals surface area (Å²) in [6, 6.07) is 12.6. The number of aliphatic hydroxyl groups is 1. The van der Waals surface area contributed by atoms with Crippen molar-refractivity contribution in [2.75, 3.05) is 20.3 Å². The Kier molecular flexibility index (Phi) is 6.07. The predicted octanol–water partition coefficient (Wildman–Crippen LogP) is 3.44. The lowest BCUT2D eigenvalue weighted by Crippen LogP contribution is -2.43. The number of hydrogen-bond acceptors (Lipinski definition) is 5. The molecule has 0 aromatic heterocycles. The second-order valence-electron chi connectivity index (χ2n) is 9.19. The second kappa shape index (κ2) is 8.79. The SMILES string of the molecule is COc1ccc2c(c1)/C(=C/C(=O)c1cccc(C(=O)N3CCC[C@@H]3CO)c1)NC(C)(C)C2. The minimum absolute atomic E-state index is 0.0409. The van der Waals surface area contributed by atoms with Crippen LogP contribution in [0.1, 0.15) is 58.5 Å². The van der Waals surface area contributed by atoms with Crippen molar-refractivity contribution in [1.29, 1.82) is 0 Å². The molecule has 2 aromatic carbocycles. The van der Waals surface area contributed by atoms with Crippen molar-refractivity contribution in [1.82, 2.24) is 10.2 Å². The molecule has 0 unspecified atom stereocenters. The summed E-state index contributed by atoms with van der Waals surface area (Å²) in [5, 5.41) is 13.0. The molecule has 0 saturated carbocycles. The van der Waals surface area contributed by atoms with Gasteiger partial charge in [0.15, 0.2) is 5.78 Å². The van der Waals surface area contributed by atoms with Crippen LogP contribution < -0.4 is 10.1 Å². The van der Waals surface area contributed by atoms with Crippen molar-refractivity contribution in [2.24, 2.45) is 0 Å². The monoisotopic (exact) mass is 434 g/mol. The molecule has 32 heavy (non-hydrogen) atoms. The lowest BCUT2D eigenvalue weighted by atomic mass is 9.85. The van der Waals surface area contributed by atoms with Gasteiger partial charge < -0.3 is 20.1 Å². The number of carbonyl (C=O) groups excluding carboxylic acids is 2. The first-order chi connectivity index (χ1) is 15.3. The van der Waals surface area contributed by atoms with E-state index in [2.05, 4.69) is 19.2 Å². The van der Waals surface area contributed by atoms with E-state index >= 15 is 0 Å². The molecule has 0 radical (unpaired) electrons. The summed E-state index contributed by atoms with van der Waals surface area (Å²) in [7, 11) is 1.63. The molecule has 1 amide bonds. The number of allylic oxidation sites excluding steroid dienone is 1. The Hall–Kier alpha value is -3.12. The van der Waals surface area contributed by atoms with Crippen molar-refractivity contribution in [2.45, 2.75) is 44.7 Å². The van der Waals surface area contributed by atoms with Crippen molar-refractivity contribution in [3.05, 3.63) is 70.8 Å². The molecule has 1 atom stereocenters. The van der Waals surface area contributed by atoms with E-state index in [-0.39, 0.29) is 29.9 Å². The summed E-state index contributed by atoms with van der Waals surface area (Å²) in [6.45, 7) is 4.79. The maximum absolute atomic E-state index is 13.2. The van der Waals surface area contributed by atoms with Gasteiger partial charge in [0.1, 0.15) is 5.75 Å². The fourth-order valence-electron chi connectivity index (χ4n) is 4.63. The highest BCUT2D eigenvalue weighted by Crippen LogP contribution is 2.32. The van der Waals surface area contributed by atoms with Gasteiger partial charge in [-0.1, -0.05) is 18.2 Å². The van der Waals surface area contributed by atoms with Gasteiger partial charge in [0.2, 0.25) is 0 Å². The number of nitrogens with one attached hydrogen (secondary N) is 1. The zero-order chi connectivity index (χ0) is 22.9. The molecule has 1 saturated heterocycles. The number of rotatable bonds is 5. The Labute approximate surface area is 188 Å².